The first kappa shape index (κ1) is 47.0. The minimum atomic E-state index is -3.88. The fourth-order valence-corrected chi connectivity index (χ4v) is 14.0. The van der Waals surface area contributed by atoms with Crippen molar-refractivity contribution in [3.05, 3.63) is 197 Å². The highest BCUT2D eigenvalue weighted by molar-refractivity contribution is 7.99. The molecule has 2 atom stereocenters. The maximum Gasteiger partial charge on any atom is 0.214 e. The summed E-state index contributed by atoms with van der Waals surface area (Å²) >= 11 is 3.59. The molecule has 67 heavy (non-hydrogen) atoms. The molecule has 1 aromatic heterocycles. The van der Waals surface area contributed by atoms with Gasteiger partial charge in [-0.3, -0.25) is 0 Å². The maximum absolute atomic E-state index is 15.0. The summed E-state index contributed by atoms with van der Waals surface area (Å²) in [5, 5.41) is 7.28. The van der Waals surface area contributed by atoms with E-state index < -0.39 is 9.84 Å². The van der Waals surface area contributed by atoms with E-state index in [9.17, 15) is 0 Å². The van der Waals surface area contributed by atoms with Crippen LogP contribution in [0.4, 0.5) is 5.69 Å². The fourth-order valence-electron chi connectivity index (χ4n) is 10.3. The standard InChI is InChI=1S/C59H55N2O2S3.HI/c1-5-18-40(3)60-51(47-26-16-28-49-55(38-36-53(60)57(47)49)64-44-20-10-7-11-21-44)34-32-42-30-31-43(59(42)66(62,63)46-24-14-9-15-25-46)33-35-52-48-27-17-29-50-56(65-45-22-12-8-13-23-45)39-37-54(58(48)50)61(52)41(4)19-6-2;/h7-17,20-29,32-41H,5-6,18-19,30-31H2,1-4H3;1H/q+1;/p-1. The summed E-state index contributed by atoms with van der Waals surface area (Å²) in [5.74, 6) is 0. The predicted octanol–water partition coefficient (Wildman–Crippen LogP) is 12.5. The smallest absolute Gasteiger partial charge is 0.214 e. The number of allylic oxidation sites excluding steroid dienone is 5. The number of nitrogens with zero attached hydrogens (tertiary/aromatic N) is 2. The first-order chi connectivity index (χ1) is 32.3. The maximum atomic E-state index is 15.0. The van der Waals surface area contributed by atoms with Gasteiger partial charge in [-0.1, -0.05) is 141 Å². The van der Waals surface area contributed by atoms with Gasteiger partial charge in [0.1, 0.15) is 0 Å². The Kier molecular flexibility index (Phi) is 14.2. The molecule has 4 nitrogen and oxygen atoms in total. The average Bonchev–Trinajstić information content (AvgIpc) is 4.01. The van der Waals surface area contributed by atoms with Crippen molar-refractivity contribution in [2.24, 2.45) is 0 Å². The van der Waals surface area contributed by atoms with E-state index in [1.165, 1.54) is 63.3 Å². The minimum absolute atomic E-state index is 0. The van der Waals surface area contributed by atoms with Crippen LogP contribution in [0.1, 0.15) is 77.8 Å². The van der Waals surface area contributed by atoms with Crippen LogP contribution in [0.15, 0.2) is 210 Å². The van der Waals surface area contributed by atoms with Crippen LogP contribution < -0.4 is 29.3 Å². The summed E-state index contributed by atoms with van der Waals surface area (Å²) in [6.45, 7) is 9.11. The topological polar surface area (TPSA) is 42.1 Å². The van der Waals surface area contributed by atoms with Crippen molar-refractivity contribution in [2.45, 2.75) is 103 Å². The summed E-state index contributed by atoms with van der Waals surface area (Å²) in [6, 6.07) is 53.0. The highest BCUT2D eigenvalue weighted by Crippen LogP contribution is 2.45. The number of benzene rings is 7. The van der Waals surface area contributed by atoms with Gasteiger partial charge >= 0.3 is 0 Å². The molecule has 1 aliphatic heterocycles. The molecule has 0 spiro atoms. The highest BCUT2D eigenvalue weighted by Gasteiger charge is 2.36. The third-order valence-electron chi connectivity index (χ3n) is 13.2. The summed E-state index contributed by atoms with van der Waals surface area (Å²) in [4.78, 5) is 5.61. The van der Waals surface area contributed by atoms with Crippen molar-refractivity contribution >= 4 is 83.3 Å². The van der Waals surface area contributed by atoms with Crippen LogP contribution >= 0.6 is 23.5 Å². The highest BCUT2D eigenvalue weighted by atomic mass is 127. The van der Waals surface area contributed by atoms with E-state index in [1.807, 2.05) is 18.2 Å². The van der Waals surface area contributed by atoms with E-state index in [0.29, 0.717) is 22.6 Å². The molecule has 2 aliphatic rings. The van der Waals surface area contributed by atoms with Crippen LogP contribution in [-0.4, -0.2) is 29.3 Å². The molecule has 0 saturated carbocycles. The third-order valence-corrected chi connectivity index (χ3v) is 17.4. The molecule has 7 aromatic carbocycles. The lowest BCUT2D eigenvalue weighted by molar-refractivity contribution is -0.476. The van der Waals surface area contributed by atoms with E-state index in [4.69, 9.17) is 0 Å². The molecule has 0 radical (unpaired) electrons. The van der Waals surface area contributed by atoms with E-state index in [1.54, 1.807) is 35.7 Å². The molecule has 0 bridgehead atoms. The van der Waals surface area contributed by atoms with Gasteiger partial charge in [0.05, 0.1) is 26.3 Å². The molecule has 0 N–H and O–H groups in total. The molecule has 2 unspecified atom stereocenters. The Morgan fingerprint density at radius 1 is 0.627 bits per heavy atom. The van der Waals surface area contributed by atoms with Gasteiger partial charge in [0, 0.05) is 65.7 Å². The van der Waals surface area contributed by atoms with Crippen LogP contribution in [0, 0.1) is 0 Å². The third kappa shape index (κ3) is 8.91. The molecular formula is C59H55IN2O2S3. The van der Waals surface area contributed by atoms with Gasteiger partial charge in [-0.05, 0) is 123 Å². The first-order valence-electron chi connectivity index (χ1n) is 23.4. The van der Waals surface area contributed by atoms with Gasteiger partial charge in [0.15, 0.2) is 6.04 Å². The second kappa shape index (κ2) is 20.2. The summed E-state index contributed by atoms with van der Waals surface area (Å²) in [7, 11) is -3.88. The number of halogens is 1. The molecule has 8 aromatic rings. The molecule has 0 saturated heterocycles. The minimum Gasteiger partial charge on any atom is -1.00 e. The van der Waals surface area contributed by atoms with Gasteiger partial charge < -0.3 is 28.5 Å². The summed E-state index contributed by atoms with van der Waals surface area (Å²) < 4.78 is 35.0. The van der Waals surface area contributed by atoms with E-state index in [2.05, 4.69) is 182 Å². The predicted molar refractivity (Wildman–Crippen MR) is 279 cm³/mol. The largest absolute Gasteiger partial charge is 1.00 e. The second-order valence-corrected chi connectivity index (χ2v) is 21.7. The van der Waals surface area contributed by atoms with Gasteiger partial charge in [0.2, 0.25) is 21.2 Å². The quantitative estimate of drug-likeness (QED) is 0.0758. The van der Waals surface area contributed by atoms with Gasteiger partial charge in [-0.15, -0.1) is 0 Å². The molecule has 2 heterocycles. The van der Waals surface area contributed by atoms with Crippen molar-refractivity contribution in [1.82, 2.24) is 4.57 Å². The zero-order valence-electron chi connectivity index (χ0n) is 38.5. The molecule has 1 aliphatic carbocycles. The molecule has 8 heteroatoms. The van der Waals surface area contributed by atoms with Gasteiger partial charge in [0.25, 0.3) is 0 Å². The number of aromatic nitrogens is 1. The van der Waals surface area contributed by atoms with Crippen molar-refractivity contribution in [1.29, 1.82) is 0 Å². The summed E-state index contributed by atoms with van der Waals surface area (Å²) in [6.07, 6.45) is 14.1. The lowest BCUT2D eigenvalue weighted by Gasteiger charge is -2.16. The van der Waals surface area contributed by atoms with Crippen molar-refractivity contribution in [3.63, 3.8) is 0 Å². The number of sulfone groups is 1. The van der Waals surface area contributed by atoms with Crippen LogP contribution in [0.2, 0.25) is 0 Å². The SMILES string of the molecule is CCCC(C)n1/c(=C/C=C2\CCC(/C=C/C3=[N+](C(C)CCC)c4ccc(Sc5ccccc5)c5cccc3c45)=C2S(=O)(=O)c2ccccc2)c2cccc3c(Sc4ccccc4)ccc1c32.[I-]. The van der Waals surface area contributed by atoms with E-state index in [-0.39, 0.29) is 36.1 Å². The van der Waals surface area contributed by atoms with Crippen molar-refractivity contribution < 1.29 is 37.0 Å². The zero-order valence-corrected chi connectivity index (χ0v) is 43.1. The number of rotatable bonds is 15. The normalized spacial score (nSPS) is 15.8. The molecule has 0 fully saturated rings. The number of hydrogen-bond acceptors (Lipinski definition) is 4. The lowest BCUT2D eigenvalue weighted by Crippen LogP contribution is -3.00. The Morgan fingerprint density at radius 2 is 1.22 bits per heavy atom. The first-order valence-corrected chi connectivity index (χ1v) is 26.5. The van der Waals surface area contributed by atoms with E-state index >= 15 is 8.42 Å². The Hall–Kier alpha value is -5.13. The molecule has 338 valence electrons. The second-order valence-electron chi connectivity index (χ2n) is 17.6. The number of hydrogen-bond donors (Lipinski definition) is 0. The lowest BCUT2D eigenvalue weighted by atomic mass is 10.0. The van der Waals surface area contributed by atoms with Gasteiger partial charge in [-0.25, -0.2) is 8.42 Å². The Balaban J connectivity index is 0.00000562. The Morgan fingerprint density at radius 3 is 1.88 bits per heavy atom. The van der Waals surface area contributed by atoms with Crippen LogP contribution in [-0.2, 0) is 9.84 Å². The van der Waals surface area contributed by atoms with Crippen LogP contribution in [0.3, 0.4) is 0 Å². The Labute approximate surface area is 421 Å². The van der Waals surface area contributed by atoms with Crippen molar-refractivity contribution in [3.8, 4) is 0 Å². The monoisotopic (exact) mass is 1050 g/mol. The zero-order chi connectivity index (χ0) is 45.4. The van der Waals surface area contributed by atoms with E-state index in [0.717, 1.165) is 47.9 Å². The fraction of sp³-hybridized carbons (Fsp3) is 0.203. The van der Waals surface area contributed by atoms with Crippen LogP contribution in [0.5, 0.6) is 0 Å². The van der Waals surface area contributed by atoms with Gasteiger partial charge in [-0.2, -0.15) is 4.58 Å². The Bertz CT molecular complexity index is 3430. The van der Waals surface area contributed by atoms with Crippen molar-refractivity contribution in [2.75, 3.05) is 0 Å². The van der Waals surface area contributed by atoms with Crippen LogP contribution in [0.25, 0.3) is 38.5 Å². The molecule has 10 rings (SSSR count). The molecule has 0 amide bonds. The average molecular weight is 1050 g/mol. The summed E-state index contributed by atoms with van der Waals surface area (Å²) in [5.41, 5.74) is 6.41. The molecular weight excluding hydrogens is 992 g/mol.